The predicted molar refractivity (Wildman–Crippen MR) is 367 cm³/mol. The van der Waals surface area contributed by atoms with Gasteiger partial charge in [-0.15, -0.1) is 0 Å². The van der Waals surface area contributed by atoms with Gasteiger partial charge in [-0.05, 0) is 183 Å². The van der Waals surface area contributed by atoms with Crippen molar-refractivity contribution >= 4 is 125 Å². The van der Waals surface area contributed by atoms with Gasteiger partial charge >= 0.3 is 35.2 Å². The van der Waals surface area contributed by atoms with Crippen LogP contribution in [0.15, 0.2) is 0 Å². The molecule has 0 bridgehead atoms. The maximum Gasteiger partial charge on any atom is 0.514 e. The molecule has 0 radical (unpaired) electrons. The summed E-state index contributed by atoms with van der Waals surface area (Å²) in [5.41, 5.74) is 0. The fourth-order valence-electron chi connectivity index (χ4n) is 11.9. The highest BCUT2D eigenvalue weighted by Gasteiger charge is 2.51. The molecular weight excluding hydrogens is 1230 g/mol. The Morgan fingerprint density at radius 1 is 0.338 bits per heavy atom. The van der Waals surface area contributed by atoms with Gasteiger partial charge in [0.2, 0.25) is 0 Å². The van der Waals surface area contributed by atoms with Gasteiger partial charge in [0, 0.05) is 126 Å². The van der Waals surface area contributed by atoms with Gasteiger partial charge in [0.25, 0.3) is 0 Å². The van der Waals surface area contributed by atoms with Gasteiger partial charge in [0.05, 0.1) is 9.75 Å². The summed E-state index contributed by atoms with van der Waals surface area (Å²) in [6, 6.07) is 1.75. The van der Waals surface area contributed by atoms with Crippen LogP contribution >= 0.6 is 90.0 Å². The van der Waals surface area contributed by atoms with Crippen LogP contribution in [0.1, 0.15) is 186 Å². The Bertz CT molecular complexity index is 1290. The monoisotopic (exact) mass is 1350 g/mol. The van der Waals surface area contributed by atoms with Crippen LogP contribution in [0.2, 0.25) is 12.1 Å². The van der Waals surface area contributed by atoms with Gasteiger partial charge in [0.15, 0.2) is 0 Å². The first kappa shape index (κ1) is 79.3. The molecule has 0 heterocycles. The van der Waals surface area contributed by atoms with Gasteiger partial charge in [-0.2, -0.15) is 25.3 Å². The minimum atomic E-state index is -2.94. The highest BCUT2D eigenvalue weighted by Crippen LogP contribution is 2.45. The van der Waals surface area contributed by atoms with Crippen molar-refractivity contribution in [1.82, 2.24) is 0 Å². The molecule has 478 valence electrons. The topological polar surface area (TPSA) is 111 Å². The highest BCUT2D eigenvalue weighted by atomic mass is 33.1. The van der Waals surface area contributed by atoms with E-state index in [1.165, 1.54) is 88.6 Å². The van der Waals surface area contributed by atoms with Crippen LogP contribution in [0, 0.1) is 35.5 Å². The molecule has 0 aliphatic heterocycles. The van der Waals surface area contributed by atoms with Gasteiger partial charge in [-0.1, -0.05) is 103 Å². The molecule has 0 amide bonds. The first-order chi connectivity index (χ1) is 38.9. The summed E-state index contributed by atoms with van der Waals surface area (Å²) in [5.74, 6) is 10.9. The van der Waals surface area contributed by atoms with Crippen LogP contribution < -0.4 is 0 Å². The summed E-state index contributed by atoms with van der Waals surface area (Å²) >= 11 is 10.6. The van der Waals surface area contributed by atoms with Crippen molar-refractivity contribution in [1.29, 1.82) is 0 Å². The molecule has 24 heteroatoms. The quantitative estimate of drug-likeness (QED) is 0.0198. The molecule has 2 saturated carbocycles. The van der Waals surface area contributed by atoms with Gasteiger partial charge in [-0.3, -0.25) is 0 Å². The maximum absolute atomic E-state index is 6.41. The average molecular weight is 1350 g/mol. The second kappa shape index (κ2) is 49.0. The fourth-order valence-corrected chi connectivity index (χ4v) is 31.7. The first-order valence-corrected chi connectivity index (χ1v) is 47.6. The molecule has 2 aliphatic rings. The molecule has 0 aromatic heterocycles. The van der Waals surface area contributed by atoms with E-state index in [0.29, 0.717) is 103 Å². The third-order valence-electron chi connectivity index (χ3n) is 15.1. The Balaban J connectivity index is 2.09. The van der Waals surface area contributed by atoms with Crippen LogP contribution in [0.4, 0.5) is 0 Å². The second-order valence-corrected chi connectivity index (χ2v) is 42.0. The van der Waals surface area contributed by atoms with Gasteiger partial charge < -0.3 is 53.1 Å². The Labute approximate surface area is 530 Å². The van der Waals surface area contributed by atoms with E-state index in [2.05, 4.69) is 63.1 Å². The lowest BCUT2D eigenvalue weighted by Gasteiger charge is -2.36. The minimum Gasteiger partial charge on any atom is -0.374 e. The van der Waals surface area contributed by atoms with E-state index < -0.39 is 35.2 Å². The number of hydrogen-bond donors (Lipinski definition) is 2. The lowest BCUT2D eigenvalue weighted by Crippen LogP contribution is -2.55. The molecule has 0 aromatic rings. The van der Waals surface area contributed by atoms with Crippen LogP contribution in [-0.4, -0.2) is 159 Å². The molecular formula is C56H118O12S8Si4. The van der Waals surface area contributed by atoms with Crippen molar-refractivity contribution in [2.45, 2.75) is 208 Å². The van der Waals surface area contributed by atoms with E-state index in [-0.39, 0.29) is 9.75 Å². The number of hydrogen-bond acceptors (Lipinski definition) is 20. The Morgan fingerprint density at radius 2 is 0.600 bits per heavy atom. The zero-order valence-electron chi connectivity index (χ0n) is 52.3. The van der Waals surface area contributed by atoms with Gasteiger partial charge in [-0.25, -0.2) is 0 Å². The van der Waals surface area contributed by atoms with Crippen LogP contribution in [-0.2, 0) is 53.1 Å². The Hall–Kier alpha value is 3.19. The Morgan fingerprint density at radius 3 is 0.875 bits per heavy atom. The summed E-state index contributed by atoms with van der Waals surface area (Å²) in [5, 5.41) is 0. The SMILES string of the molecule is CCO[Si](CCCSSCCC1CC(CCSSCCC2CCCC(CC(S)[Si](OCC)(OCC)OCC)C(CCSSCCC[Si](OCC)(OCC)OCC)C2)CCCC1CC(S)[Si](OCC)(OCC)OCC)(OCC)OCC. The number of rotatable bonds is 53. The largest absolute Gasteiger partial charge is 0.514 e. The van der Waals surface area contributed by atoms with E-state index in [1.807, 2.05) is 84.7 Å². The molecule has 12 nitrogen and oxygen atoms in total. The zero-order valence-corrected chi connectivity index (χ0v) is 63.0. The molecule has 0 N–H and O–H groups in total. The van der Waals surface area contributed by atoms with Crippen molar-refractivity contribution < 1.29 is 53.1 Å². The molecule has 2 fully saturated rings. The van der Waals surface area contributed by atoms with Gasteiger partial charge in [0.1, 0.15) is 0 Å². The van der Waals surface area contributed by atoms with E-state index in [0.717, 1.165) is 72.6 Å². The van der Waals surface area contributed by atoms with Crippen molar-refractivity contribution in [3.05, 3.63) is 0 Å². The summed E-state index contributed by atoms with van der Waals surface area (Å²) < 4.78 is 75.3. The molecule has 80 heavy (non-hydrogen) atoms. The van der Waals surface area contributed by atoms with Crippen molar-refractivity contribution in [2.75, 3.05) is 114 Å². The molecule has 0 saturated heterocycles. The number of thiol groups is 2. The summed E-state index contributed by atoms with van der Waals surface area (Å²) in [6.45, 7) is 31.8. The maximum atomic E-state index is 6.41. The zero-order chi connectivity index (χ0) is 58.8. The molecule has 0 spiro atoms. The fraction of sp³-hybridized carbons (Fsp3) is 1.00. The van der Waals surface area contributed by atoms with Crippen LogP contribution in [0.5, 0.6) is 0 Å². The second-order valence-electron chi connectivity index (χ2n) is 20.7. The van der Waals surface area contributed by atoms with Crippen LogP contribution in [0.25, 0.3) is 0 Å². The van der Waals surface area contributed by atoms with E-state index in [1.54, 1.807) is 0 Å². The molecule has 2 aliphatic carbocycles. The van der Waals surface area contributed by atoms with E-state index >= 15 is 0 Å². The van der Waals surface area contributed by atoms with Crippen molar-refractivity contribution in [2.24, 2.45) is 35.5 Å². The molecule has 2 rings (SSSR count). The summed E-state index contributed by atoms with van der Waals surface area (Å²) in [4.78, 5) is -0.0601. The third kappa shape index (κ3) is 30.8. The first-order valence-electron chi connectivity index (χ1n) is 31.6. The summed E-state index contributed by atoms with van der Waals surface area (Å²) in [7, 11) is 1.27. The van der Waals surface area contributed by atoms with E-state index in [9.17, 15) is 0 Å². The van der Waals surface area contributed by atoms with E-state index in [4.69, 9.17) is 78.4 Å². The smallest absolute Gasteiger partial charge is 0.374 e. The molecule has 0 aromatic carbocycles. The molecule has 8 unspecified atom stereocenters. The lowest BCUT2D eigenvalue weighted by molar-refractivity contribution is 0.0655. The summed E-state index contributed by atoms with van der Waals surface area (Å²) in [6.07, 6.45) is 19.4. The lowest BCUT2D eigenvalue weighted by atomic mass is 9.81. The average Bonchev–Trinajstić information content (AvgIpc) is 3.74. The normalized spacial score (nSPS) is 21.7. The third-order valence-corrected chi connectivity index (χ3v) is 37.5. The highest BCUT2D eigenvalue weighted by molar-refractivity contribution is 8.77. The minimum absolute atomic E-state index is 0.0301. The van der Waals surface area contributed by atoms with Crippen LogP contribution in [0.3, 0.4) is 0 Å². The molecule has 8 atom stereocenters. The standard InChI is InChI=1S/C56H118O12S8Si4/c1-13-57-77(58-14-2,59-15-3)43-27-37-71-75-41-35-53-45-49(29-25-31-51(53)47-55(69)79(63-19-7,64-20-8)65-21-9)33-39-73-74-40-34-50-30-26-32-52(48-56(70)80(66-22-10,67-23-11)68-24-12)54(46-50)36-42-76-72-38-28-44-78(60-16-4,61-17-5)62-18-6/h49-56,69-70H,13-48H2,1-12H3. The van der Waals surface area contributed by atoms with Crippen molar-refractivity contribution in [3.63, 3.8) is 0 Å². The Kier molecular flexibility index (Phi) is 48.5. The predicted octanol–water partition coefficient (Wildman–Crippen LogP) is 17.0. The van der Waals surface area contributed by atoms with Crippen molar-refractivity contribution in [3.8, 4) is 0 Å².